The lowest BCUT2D eigenvalue weighted by atomic mass is 9.88. The Morgan fingerprint density at radius 2 is 1.72 bits per heavy atom. The lowest BCUT2D eigenvalue weighted by Gasteiger charge is -2.26. The van der Waals surface area contributed by atoms with Crippen molar-refractivity contribution in [2.45, 2.75) is 64.7 Å². The second-order valence-electron chi connectivity index (χ2n) is 7.83. The van der Waals surface area contributed by atoms with Crippen LogP contribution >= 0.6 is 0 Å². The molecular formula is C21H29F3N2O3. The zero-order chi connectivity index (χ0) is 21.4. The third-order valence-electron chi connectivity index (χ3n) is 5.02. The highest BCUT2D eigenvalue weighted by Gasteiger charge is 2.29. The fraction of sp³-hybridized carbons (Fsp3) is 0.619. The summed E-state index contributed by atoms with van der Waals surface area (Å²) in [5.74, 6) is -0.328. The molecule has 0 saturated heterocycles. The van der Waals surface area contributed by atoms with E-state index in [1.54, 1.807) is 12.1 Å². The molecule has 1 aromatic rings. The van der Waals surface area contributed by atoms with Gasteiger partial charge in [0.25, 0.3) is 0 Å². The van der Waals surface area contributed by atoms with E-state index >= 15 is 0 Å². The molecule has 0 radical (unpaired) electrons. The largest absolute Gasteiger partial charge is 0.484 e. The van der Waals surface area contributed by atoms with Crippen molar-refractivity contribution in [2.24, 2.45) is 11.8 Å². The van der Waals surface area contributed by atoms with Gasteiger partial charge in [-0.05, 0) is 36.5 Å². The van der Waals surface area contributed by atoms with E-state index in [0.29, 0.717) is 0 Å². The summed E-state index contributed by atoms with van der Waals surface area (Å²) in [5.41, 5.74) is 0.721. The first-order chi connectivity index (χ1) is 13.7. The molecule has 5 nitrogen and oxygen atoms in total. The van der Waals surface area contributed by atoms with E-state index in [-0.39, 0.29) is 35.9 Å². The minimum atomic E-state index is -4.39. The SMILES string of the molecule is CC(C)C(NC(=O)C1CCCCC1)C(=O)NCc1ccc(OCC(F)(F)F)cc1. The molecule has 1 unspecified atom stereocenters. The highest BCUT2D eigenvalue weighted by Crippen LogP contribution is 2.24. The van der Waals surface area contributed by atoms with Crippen LogP contribution in [0.3, 0.4) is 0 Å². The van der Waals surface area contributed by atoms with Gasteiger partial charge in [0.2, 0.25) is 11.8 Å². The van der Waals surface area contributed by atoms with Crippen LogP contribution in [0, 0.1) is 11.8 Å². The first-order valence-electron chi connectivity index (χ1n) is 10.0. The quantitative estimate of drug-likeness (QED) is 0.677. The monoisotopic (exact) mass is 414 g/mol. The Labute approximate surface area is 169 Å². The molecule has 2 rings (SSSR count). The van der Waals surface area contributed by atoms with Gasteiger partial charge >= 0.3 is 6.18 Å². The number of nitrogens with one attached hydrogen (secondary N) is 2. The molecule has 0 aliphatic heterocycles. The Balaban J connectivity index is 1.85. The predicted molar refractivity (Wildman–Crippen MR) is 103 cm³/mol. The summed E-state index contributed by atoms with van der Waals surface area (Å²) >= 11 is 0. The summed E-state index contributed by atoms with van der Waals surface area (Å²) < 4.78 is 41.2. The molecular weight excluding hydrogens is 385 g/mol. The van der Waals surface area contributed by atoms with Gasteiger partial charge in [0, 0.05) is 12.5 Å². The standard InChI is InChI=1S/C21H29F3N2O3/c1-14(2)18(26-19(27)16-6-4-3-5-7-16)20(28)25-12-15-8-10-17(11-9-15)29-13-21(22,23)24/h8-11,14,16,18H,3-7,12-13H2,1-2H3,(H,25,28)(H,26,27). The average Bonchev–Trinajstić information content (AvgIpc) is 2.69. The molecule has 1 atom stereocenters. The van der Waals surface area contributed by atoms with Gasteiger partial charge in [-0.2, -0.15) is 13.2 Å². The maximum absolute atomic E-state index is 12.6. The Bertz CT molecular complexity index is 669. The topological polar surface area (TPSA) is 67.4 Å². The summed E-state index contributed by atoms with van der Waals surface area (Å²) in [7, 11) is 0. The van der Waals surface area contributed by atoms with E-state index in [4.69, 9.17) is 0 Å². The van der Waals surface area contributed by atoms with Gasteiger partial charge in [0.05, 0.1) is 0 Å². The Morgan fingerprint density at radius 3 is 2.28 bits per heavy atom. The van der Waals surface area contributed by atoms with Crippen LogP contribution in [0.2, 0.25) is 0 Å². The zero-order valence-corrected chi connectivity index (χ0v) is 16.8. The number of carbonyl (C=O) groups is 2. The summed E-state index contributed by atoms with van der Waals surface area (Å²) in [6.45, 7) is 2.61. The Morgan fingerprint density at radius 1 is 1.10 bits per heavy atom. The number of amides is 2. The van der Waals surface area contributed by atoms with Crippen molar-refractivity contribution in [3.63, 3.8) is 0 Å². The van der Waals surface area contributed by atoms with Gasteiger partial charge in [-0.1, -0.05) is 45.2 Å². The van der Waals surface area contributed by atoms with E-state index in [1.807, 2.05) is 13.8 Å². The summed E-state index contributed by atoms with van der Waals surface area (Å²) in [5, 5.41) is 5.67. The second-order valence-corrected chi connectivity index (χ2v) is 7.83. The maximum atomic E-state index is 12.6. The van der Waals surface area contributed by atoms with Crippen molar-refractivity contribution >= 4 is 11.8 Å². The molecule has 1 aromatic carbocycles. The van der Waals surface area contributed by atoms with Crippen LogP contribution < -0.4 is 15.4 Å². The lowest BCUT2D eigenvalue weighted by Crippen LogP contribution is -2.51. The van der Waals surface area contributed by atoms with E-state index in [9.17, 15) is 22.8 Å². The van der Waals surface area contributed by atoms with Crippen LogP contribution in [0.4, 0.5) is 13.2 Å². The van der Waals surface area contributed by atoms with E-state index < -0.39 is 18.8 Å². The van der Waals surface area contributed by atoms with Crippen LogP contribution in [-0.2, 0) is 16.1 Å². The van der Waals surface area contributed by atoms with Gasteiger partial charge in [-0.3, -0.25) is 9.59 Å². The van der Waals surface area contributed by atoms with Gasteiger partial charge in [-0.25, -0.2) is 0 Å². The molecule has 2 amide bonds. The molecule has 1 aliphatic rings. The smallest absolute Gasteiger partial charge is 0.422 e. The lowest BCUT2D eigenvalue weighted by molar-refractivity contribution is -0.153. The number of benzene rings is 1. The highest BCUT2D eigenvalue weighted by molar-refractivity contribution is 5.88. The van der Waals surface area contributed by atoms with Crippen molar-refractivity contribution in [3.05, 3.63) is 29.8 Å². The van der Waals surface area contributed by atoms with Crippen molar-refractivity contribution in [3.8, 4) is 5.75 Å². The molecule has 0 spiro atoms. The van der Waals surface area contributed by atoms with Gasteiger partial charge in [0.1, 0.15) is 11.8 Å². The molecule has 0 bridgehead atoms. The zero-order valence-electron chi connectivity index (χ0n) is 16.8. The van der Waals surface area contributed by atoms with Crippen molar-refractivity contribution in [1.82, 2.24) is 10.6 Å². The predicted octanol–water partition coefficient (Wildman–Crippen LogP) is 3.97. The minimum Gasteiger partial charge on any atom is -0.484 e. The van der Waals surface area contributed by atoms with Crippen molar-refractivity contribution < 1.29 is 27.5 Å². The second kappa shape index (κ2) is 10.5. The number of rotatable bonds is 8. The van der Waals surface area contributed by atoms with E-state index in [1.165, 1.54) is 12.1 Å². The van der Waals surface area contributed by atoms with E-state index in [2.05, 4.69) is 15.4 Å². The molecule has 1 fully saturated rings. The molecule has 29 heavy (non-hydrogen) atoms. The summed E-state index contributed by atoms with van der Waals surface area (Å²) in [4.78, 5) is 25.1. The maximum Gasteiger partial charge on any atom is 0.422 e. The summed E-state index contributed by atoms with van der Waals surface area (Å²) in [6.07, 6.45) is 0.569. The molecule has 0 heterocycles. The van der Waals surface area contributed by atoms with Crippen molar-refractivity contribution in [2.75, 3.05) is 6.61 Å². The van der Waals surface area contributed by atoms with Crippen LogP contribution in [0.25, 0.3) is 0 Å². The average molecular weight is 414 g/mol. The van der Waals surface area contributed by atoms with Gasteiger partial charge in [0.15, 0.2) is 6.61 Å². The number of hydrogen-bond acceptors (Lipinski definition) is 3. The number of alkyl halides is 3. The van der Waals surface area contributed by atoms with Crippen LogP contribution in [0.15, 0.2) is 24.3 Å². The normalized spacial score (nSPS) is 16.3. The molecule has 8 heteroatoms. The third kappa shape index (κ3) is 7.95. The Hall–Kier alpha value is -2.25. The van der Waals surface area contributed by atoms with Crippen LogP contribution in [0.1, 0.15) is 51.5 Å². The number of ether oxygens (including phenoxy) is 1. The van der Waals surface area contributed by atoms with Crippen LogP contribution in [-0.4, -0.2) is 30.6 Å². The molecule has 1 saturated carbocycles. The minimum absolute atomic E-state index is 0.0259. The van der Waals surface area contributed by atoms with Crippen LogP contribution in [0.5, 0.6) is 5.75 Å². The molecule has 0 aromatic heterocycles. The fourth-order valence-corrected chi connectivity index (χ4v) is 3.34. The van der Waals surface area contributed by atoms with E-state index in [0.717, 1.165) is 37.7 Å². The fourth-order valence-electron chi connectivity index (χ4n) is 3.34. The van der Waals surface area contributed by atoms with Gasteiger partial charge < -0.3 is 15.4 Å². The molecule has 162 valence electrons. The highest BCUT2D eigenvalue weighted by atomic mass is 19.4. The Kier molecular flexibility index (Phi) is 8.34. The molecule has 1 aliphatic carbocycles. The number of halogens is 3. The first-order valence-corrected chi connectivity index (χ1v) is 10.0. The van der Waals surface area contributed by atoms with Crippen molar-refractivity contribution in [1.29, 1.82) is 0 Å². The summed E-state index contributed by atoms with van der Waals surface area (Å²) in [6, 6.07) is 5.42. The number of hydrogen-bond donors (Lipinski definition) is 2. The first kappa shape index (κ1) is 23.0. The van der Waals surface area contributed by atoms with Gasteiger partial charge in [-0.15, -0.1) is 0 Å². The number of carbonyl (C=O) groups excluding carboxylic acids is 2. The third-order valence-corrected chi connectivity index (χ3v) is 5.02. The molecule has 2 N–H and O–H groups in total.